The van der Waals surface area contributed by atoms with Crippen LogP contribution in [-0.2, 0) is 23.0 Å². The highest BCUT2D eigenvalue weighted by Gasteiger charge is 2.29. The van der Waals surface area contributed by atoms with Gasteiger partial charge in [0.15, 0.2) is 0 Å². The van der Waals surface area contributed by atoms with Crippen LogP contribution in [-0.4, -0.2) is 25.2 Å². The minimum atomic E-state index is -3.68. The number of thiophene rings is 1. The van der Waals surface area contributed by atoms with Crippen LogP contribution in [0.3, 0.4) is 0 Å². The number of sulfonamides is 1. The van der Waals surface area contributed by atoms with Crippen molar-refractivity contribution >= 4 is 27.3 Å². The number of benzene rings is 2. The van der Waals surface area contributed by atoms with Gasteiger partial charge in [0.05, 0.1) is 10.5 Å². The fourth-order valence-corrected chi connectivity index (χ4v) is 5.37. The Morgan fingerprint density at radius 2 is 1.85 bits per heavy atom. The molecule has 138 valence electrons. The van der Waals surface area contributed by atoms with Crippen molar-refractivity contribution in [1.82, 2.24) is 4.31 Å². The molecule has 0 radical (unpaired) electrons. The largest absolute Gasteiger partial charge is 0.423 e. The predicted octanol–water partition coefficient (Wildman–Crippen LogP) is 3.71. The Morgan fingerprint density at radius 3 is 2.67 bits per heavy atom. The van der Waals surface area contributed by atoms with Crippen LogP contribution in [0.5, 0.6) is 5.75 Å². The molecule has 0 saturated carbocycles. The number of ether oxygens (including phenoxy) is 1. The Hall–Kier alpha value is -2.48. The molecule has 0 unspecified atom stereocenters. The standard InChI is InChI=1S/C20H17NO4S2/c22-20(25-17-6-2-1-3-7-17)15-5-4-8-18(13-15)27(23,24)21-11-9-19-16(14-21)10-12-26-19/h1-8,10,12-13H,9,11,14H2. The zero-order chi connectivity index (χ0) is 18.9. The summed E-state index contributed by atoms with van der Waals surface area (Å²) in [6.45, 7) is 0.800. The summed E-state index contributed by atoms with van der Waals surface area (Å²) in [5, 5.41) is 1.99. The molecule has 3 aromatic rings. The highest BCUT2D eigenvalue weighted by atomic mass is 32.2. The van der Waals surface area contributed by atoms with E-state index in [1.165, 1.54) is 21.3 Å². The molecule has 1 aliphatic heterocycles. The predicted molar refractivity (Wildman–Crippen MR) is 103 cm³/mol. The minimum absolute atomic E-state index is 0.101. The van der Waals surface area contributed by atoms with Crippen molar-refractivity contribution in [2.24, 2.45) is 0 Å². The first-order valence-electron chi connectivity index (χ1n) is 8.47. The first kappa shape index (κ1) is 17.9. The van der Waals surface area contributed by atoms with E-state index >= 15 is 0 Å². The molecule has 27 heavy (non-hydrogen) atoms. The fourth-order valence-electron chi connectivity index (χ4n) is 3.01. The van der Waals surface area contributed by atoms with Gasteiger partial charge in [0.2, 0.25) is 10.0 Å². The Labute approximate surface area is 161 Å². The molecular formula is C20H17NO4S2. The molecular weight excluding hydrogens is 382 g/mol. The van der Waals surface area contributed by atoms with Gasteiger partial charge in [0.25, 0.3) is 0 Å². The van der Waals surface area contributed by atoms with Crippen molar-refractivity contribution < 1.29 is 17.9 Å². The molecule has 0 spiro atoms. The van der Waals surface area contributed by atoms with Crippen molar-refractivity contribution in [2.45, 2.75) is 17.9 Å². The number of hydrogen-bond acceptors (Lipinski definition) is 5. The van der Waals surface area contributed by atoms with E-state index < -0.39 is 16.0 Å². The number of carbonyl (C=O) groups is 1. The molecule has 1 aliphatic rings. The first-order valence-corrected chi connectivity index (χ1v) is 10.8. The van der Waals surface area contributed by atoms with Gasteiger partial charge in [-0.25, -0.2) is 13.2 Å². The van der Waals surface area contributed by atoms with Gasteiger partial charge >= 0.3 is 5.97 Å². The van der Waals surface area contributed by atoms with Gasteiger partial charge in [0, 0.05) is 18.0 Å². The van der Waals surface area contributed by atoms with Crippen LogP contribution in [0.2, 0.25) is 0 Å². The summed E-state index contributed by atoms with van der Waals surface area (Å²) in [5.41, 5.74) is 1.25. The second-order valence-corrected chi connectivity index (χ2v) is 9.13. The van der Waals surface area contributed by atoms with Crippen molar-refractivity contribution in [1.29, 1.82) is 0 Å². The second kappa shape index (κ2) is 7.26. The monoisotopic (exact) mass is 399 g/mol. The quantitative estimate of drug-likeness (QED) is 0.496. The summed E-state index contributed by atoms with van der Waals surface area (Å²) in [6.07, 6.45) is 0.710. The zero-order valence-electron chi connectivity index (χ0n) is 14.4. The van der Waals surface area contributed by atoms with Crippen LogP contribution in [0.4, 0.5) is 0 Å². The Kier molecular flexibility index (Phi) is 4.82. The SMILES string of the molecule is O=C(Oc1ccccc1)c1cccc(S(=O)(=O)N2CCc3sccc3C2)c1. The lowest BCUT2D eigenvalue weighted by molar-refractivity contribution is 0.0734. The lowest BCUT2D eigenvalue weighted by Crippen LogP contribution is -2.35. The highest BCUT2D eigenvalue weighted by Crippen LogP contribution is 2.28. The molecule has 2 aromatic carbocycles. The van der Waals surface area contributed by atoms with E-state index in [1.54, 1.807) is 47.7 Å². The van der Waals surface area contributed by atoms with Gasteiger partial charge in [-0.2, -0.15) is 4.31 Å². The molecule has 0 saturated heterocycles. The lowest BCUT2D eigenvalue weighted by Gasteiger charge is -2.26. The van der Waals surface area contributed by atoms with E-state index in [4.69, 9.17) is 4.74 Å². The molecule has 5 nitrogen and oxygen atoms in total. The highest BCUT2D eigenvalue weighted by molar-refractivity contribution is 7.89. The van der Waals surface area contributed by atoms with Crippen LogP contribution in [0.25, 0.3) is 0 Å². The van der Waals surface area contributed by atoms with Gasteiger partial charge < -0.3 is 4.74 Å². The molecule has 1 aromatic heterocycles. The molecule has 0 amide bonds. The number of carbonyl (C=O) groups excluding carboxylic acids is 1. The van der Waals surface area contributed by atoms with E-state index in [1.807, 2.05) is 17.5 Å². The maximum Gasteiger partial charge on any atom is 0.343 e. The van der Waals surface area contributed by atoms with Gasteiger partial charge in [0.1, 0.15) is 5.75 Å². The van der Waals surface area contributed by atoms with E-state index in [9.17, 15) is 13.2 Å². The van der Waals surface area contributed by atoms with Gasteiger partial charge in [-0.15, -0.1) is 11.3 Å². The minimum Gasteiger partial charge on any atom is -0.423 e. The number of para-hydroxylation sites is 1. The van der Waals surface area contributed by atoms with E-state index in [0.717, 1.165) is 5.56 Å². The number of nitrogens with zero attached hydrogens (tertiary/aromatic N) is 1. The topological polar surface area (TPSA) is 63.7 Å². The van der Waals surface area contributed by atoms with E-state index in [2.05, 4.69) is 0 Å². The Bertz CT molecular complexity index is 1070. The smallest absolute Gasteiger partial charge is 0.343 e. The molecule has 0 aliphatic carbocycles. The zero-order valence-corrected chi connectivity index (χ0v) is 16.0. The summed E-state index contributed by atoms with van der Waals surface area (Å²) in [6, 6.07) is 16.7. The molecule has 0 bridgehead atoms. The average Bonchev–Trinajstić information content (AvgIpc) is 3.17. The summed E-state index contributed by atoms with van der Waals surface area (Å²) in [7, 11) is -3.68. The van der Waals surface area contributed by atoms with Crippen molar-refractivity contribution in [3.8, 4) is 5.75 Å². The molecule has 2 heterocycles. The summed E-state index contributed by atoms with van der Waals surface area (Å²) in [4.78, 5) is 13.7. The third-order valence-electron chi connectivity index (χ3n) is 4.43. The van der Waals surface area contributed by atoms with E-state index in [0.29, 0.717) is 25.3 Å². The maximum atomic E-state index is 13.0. The van der Waals surface area contributed by atoms with Gasteiger partial charge in [-0.3, -0.25) is 0 Å². The van der Waals surface area contributed by atoms with Gasteiger partial charge in [-0.1, -0.05) is 24.3 Å². The Morgan fingerprint density at radius 1 is 1.04 bits per heavy atom. The average molecular weight is 399 g/mol. The first-order chi connectivity index (χ1) is 13.0. The van der Waals surface area contributed by atoms with Crippen LogP contribution < -0.4 is 4.74 Å². The number of hydrogen-bond donors (Lipinski definition) is 0. The van der Waals surface area contributed by atoms with Crippen molar-refractivity contribution in [3.05, 3.63) is 82.0 Å². The van der Waals surface area contributed by atoms with Crippen LogP contribution in [0, 0.1) is 0 Å². The normalized spacial score (nSPS) is 14.5. The van der Waals surface area contributed by atoms with Crippen molar-refractivity contribution in [3.63, 3.8) is 0 Å². The third-order valence-corrected chi connectivity index (χ3v) is 7.30. The summed E-state index contributed by atoms with van der Waals surface area (Å²) in [5.74, 6) is -0.172. The maximum absolute atomic E-state index is 13.0. The molecule has 0 atom stereocenters. The van der Waals surface area contributed by atoms with Gasteiger partial charge in [-0.05, 0) is 53.8 Å². The van der Waals surface area contributed by atoms with Crippen LogP contribution in [0.1, 0.15) is 20.8 Å². The molecule has 0 N–H and O–H groups in total. The third kappa shape index (κ3) is 3.66. The lowest BCUT2D eigenvalue weighted by atomic mass is 10.1. The van der Waals surface area contributed by atoms with E-state index in [-0.39, 0.29) is 10.5 Å². The van der Waals surface area contributed by atoms with Crippen LogP contribution in [0.15, 0.2) is 70.9 Å². The number of esters is 1. The Balaban J connectivity index is 1.57. The molecule has 0 fully saturated rings. The number of fused-ring (bicyclic) bond motifs is 1. The second-order valence-electron chi connectivity index (χ2n) is 6.19. The summed E-state index contributed by atoms with van der Waals surface area (Å²) < 4.78 is 32.8. The fraction of sp³-hybridized carbons (Fsp3) is 0.150. The molecule has 7 heteroatoms. The van der Waals surface area contributed by atoms with Crippen LogP contribution >= 0.6 is 11.3 Å². The number of rotatable bonds is 4. The summed E-state index contributed by atoms with van der Waals surface area (Å²) >= 11 is 1.66. The molecule has 4 rings (SSSR count). The van der Waals surface area contributed by atoms with Crippen molar-refractivity contribution in [2.75, 3.05) is 6.54 Å².